The summed E-state index contributed by atoms with van der Waals surface area (Å²) in [5, 5.41) is 6.14. The van der Waals surface area contributed by atoms with Gasteiger partial charge in [-0.3, -0.25) is 4.79 Å². The number of benzene rings is 1. The molecule has 0 saturated carbocycles. The van der Waals surface area contributed by atoms with E-state index in [4.69, 9.17) is 4.74 Å². The van der Waals surface area contributed by atoms with E-state index in [-0.39, 0.29) is 11.9 Å². The van der Waals surface area contributed by atoms with Crippen LogP contribution in [0.4, 0.5) is 5.69 Å². The van der Waals surface area contributed by atoms with Gasteiger partial charge >= 0.3 is 0 Å². The maximum absolute atomic E-state index is 11.9. The van der Waals surface area contributed by atoms with E-state index in [0.717, 1.165) is 17.8 Å². The lowest BCUT2D eigenvalue weighted by Gasteiger charge is -2.14. The Hall–Kier alpha value is -1.39. The highest BCUT2D eigenvalue weighted by Gasteiger charge is 2.09. The predicted molar refractivity (Wildman–Crippen MR) is 73.5 cm³/mol. The van der Waals surface area contributed by atoms with E-state index in [2.05, 4.69) is 10.6 Å². The van der Waals surface area contributed by atoms with Crippen molar-refractivity contribution in [2.24, 2.45) is 0 Å². The third-order valence-corrected chi connectivity index (χ3v) is 2.64. The molecule has 0 aliphatic heterocycles. The quantitative estimate of drug-likeness (QED) is 0.779. The number of anilines is 1. The van der Waals surface area contributed by atoms with E-state index < -0.39 is 0 Å². The summed E-state index contributed by atoms with van der Waals surface area (Å²) in [5.74, 6) is 0.0204. The van der Waals surface area contributed by atoms with Crippen molar-refractivity contribution >= 4 is 11.6 Å². The average molecular weight is 250 g/mol. The summed E-state index contributed by atoms with van der Waals surface area (Å²) in [4.78, 5) is 11.9. The zero-order valence-corrected chi connectivity index (χ0v) is 11.3. The van der Waals surface area contributed by atoms with Gasteiger partial charge in [-0.25, -0.2) is 0 Å². The Bertz CT molecular complexity index is 380. The molecule has 2 N–H and O–H groups in total. The zero-order chi connectivity index (χ0) is 13.4. The molecule has 1 atom stereocenters. The monoisotopic (exact) mass is 250 g/mol. The third kappa shape index (κ3) is 4.85. The summed E-state index contributed by atoms with van der Waals surface area (Å²) in [6.07, 6.45) is 0.467. The summed E-state index contributed by atoms with van der Waals surface area (Å²) in [6.45, 7) is 5.40. The highest BCUT2D eigenvalue weighted by molar-refractivity contribution is 5.91. The molecule has 0 bridgehead atoms. The molecule has 0 heterocycles. The Morgan fingerprint density at radius 2 is 2.11 bits per heavy atom. The number of hydrogen-bond acceptors (Lipinski definition) is 3. The Morgan fingerprint density at radius 1 is 1.39 bits per heavy atom. The standard InChI is InChI=1S/C14H22N2O2/c1-4-15-11(2)9-14(17)16-13-8-6-5-7-12(13)10-18-3/h5-8,11,15H,4,9-10H2,1-3H3,(H,16,17). The van der Waals surface area contributed by atoms with Gasteiger partial charge in [-0.05, 0) is 19.5 Å². The van der Waals surface area contributed by atoms with Gasteiger partial charge < -0.3 is 15.4 Å². The zero-order valence-electron chi connectivity index (χ0n) is 11.3. The van der Waals surface area contributed by atoms with Gasteiger partial charge in [0.2, 0.25) is 5.91 Å². The van der Waals surface area contributed by atoms with Gasteiger partial charge in [-0.15, -0.1) is 0 Å². The van der Waals surface area contributed by atoms with Crippen LogP contribution in [0.3, 0.4) is 0 Å². The lowest BCUT2D eigenvalue weighted by molar-refractivity contribution is -0.116. The van der Waals surface area contributed by atoms with Crippen LogP contribution in [0.15, 0.2) is 24.3 Å². The van der Waals surface area contributed by atoms with Crippen LogP contribution in [-0.4, -0.2) is 25.6 Å². The van der Waals surface area contributed by atoms with Crippen molar-refractivity contribution in [2.75, 3.05) is 19.0 Å². The Balaban J connectivity index is 2.58. The lowest BCUT2D eigenvalue weighted by atomic mass is 10.1. The Kier molecular flexibility index (Phi) is 6.39. The van der Waals surface area contributed by atoms with E-state index in [1.807, 2.05) is 38.1 Å². The Labute approximate surface area is 109 Å². The molecule has 0 aliphatic rings. The fourth-order valence-electron chi connectivity index (χ4n) is 1.82. The molecule has 4 heteroatoms. The molecule has 1 rings (SSSR count). The van der Waals surface area contributed by atoms with E-state index in [9.17, 15) is 4.79 Å². The van der Waals surface area contributed by atoms with E-state index >= 15 is 0 Å². The minimum Gasteiger partial charge on any atom is -0.380 e. The molecule has 18 heavy (non-hydrogen) atoms. The molecule has 1 aromatic carbocycles. The van der Waals surface area contributed by atoms with Crippen molar-refractivity contribution in [3.05, 3.63) is 29.8 Å². The molecule has 0 aliphatic carbocycles. The topological polar surface area (TPSA) is 50.4 Å². The van der Waals surface area contributed by atoms with Gasteiger partial charge in [0.1, 0.15) is 0 Å². The normalized spacial score (nSPS) is 12.2. The minimum absolute atomic E-state index is 0.0204. The van der Waals surface area contributed by atoms with Crippen LogP contribution < -0.4 is 10.6 Å². The highest BCUT2D eigenvalue weighted by Crippen LogP contribution is 2.16. The van der Waals surface area contributed by atoms with E-state index in [1.54, 1.807) is 7.11 Å². The van der Waals surface area contributed by atoms with Gasteiger partial charge in [0, 0.05) is 30.8 Å². The summed E-state index contributed by atoms with van der Waals surface area (Å²) < 4.78 is 5.11. The first-order valence-corrected chi connectivity index (χ1v) is 6.27. The van der Waals surface area contributed by atoms with E-state index in [0.29, 0.717) is 13.0 Å². The molecule has 0 spiro atoms. The fraction of sp³-hybridized carbons (Fsp3) is 0.500. The minimum atomic E-state index is 0.0204. The molecular weight excluding hydrogens is 228 g/mol. The fourth-order valence-corrected chi connectivity index (χ4v) is 1.82. The van der Waals surface area contributed by atoms with Crippen LogP contribution in [0.5, 0.6) is 0 Å². The van der Waals surface area contributed by atoms with Crippen LogP contribution in [0.1, 0.15) is 25.8 Å². The number of methoxy groups -OCH3 is 1. The SMILES string of the molecule is CCNC(C)CC(=O)Nc1ccccc1COC. The van der Waals surface area contributed by atoms with Gasteiger partial charge in [0.15, 0.2) is 0 Å². The number of hydrogen-bond donors (Lipinski definition) is 2. The van der Waals surface area contributed by atoms with Gasteiger partial charge in [0.25, 0.3) is 0 Å². The molecule has 0 radical (unpaired) electrons. The second-order valence-electron chi connectivity index (χ2n) is 4.30. The van der Waals surface area contributed by atoms with Crippen molar-refractivity contribution < 1.29 is 9.53 Å². The molecule has 4 nitrogen and oxygen atoms in total. The smallest absolute Gasteiger partial charge is 0.225 e. The number of para-hydroxylation sites is 1. The molecule has 100 valence electrons. The van der Waals surface area contributed by atoms with Crippen LogP contribution in [0, 0.1) is 0 Å². The summed E-state index contributed by atoms with van der Waals surface area (Å²) in [5.41, 5.74) is 1.82. The van der Waals surface area contributed by atoms with Crippen molar-refractivity contribution in [1.29, 1.82) is 0 Å². The number of ether oxygens (including phenoxy) is 1. The number of rotatable bonds is 7. The molecule has 1 amide bonds. The Morgan fingerprint density at radius 3 is 2.78 bits per heavy atom. The predicted octanol–water partition coefficient (Wildman–Crippen LogP) is 2.16. The molecular formula is C14H22N2O2. The molecule has 0 aromatic heterocycles. The second-order valence-corrected chi connectivity index (χ2v) is 4.30. The van der Waals surface area contributed by atoms with Crippen LogP contribution in [0.25, 0.3) is 0 Å². The number of carbonyl (C=O) groups excluding carboxylic acids is 1. The second kappa shape index (κ2) is 7.84. The summed E-state index contributed by atoms with van der Waals surface area (Å²) >= 11 is 0. The third-order valence-electron chi connectivity index (χ3n) is 2.64. The van der Waals surface area contributed by atoms with Crippen molar-refractivity contribution in [3.8, 4) is 0 Å². The van der Waals surface area contributed by atoms with Gasteiger partial charge in [-0.1, -0.05) is 25.1 Å². The van der Waals surface area contributed by atoms with Gasteiger partial charge in [-0.2, -0.15) is 0 Å². The first-order valence-electron chi connectivity index (χ1n) is 6.27. The van der Waals surface area contributed by atoms with Crippen molar-refractivity contribution in [3.63, 3.8) is 0 Å². The summed E-state index contributed by atoms with van der Waals surface area (Å²) in [6, 6.07) is 7.87. The molecule has 1 unspecified atom stereocenters. The number of carbonyl (C=O) groups is 1. The largest absolute Gasteiger partial charge is 0.380 e. The number of amides is 1. The van der Waals surface area contributed by atoms with Gasteiger partial charge in [0.05, 0.1) is 6.61 Å². The highest BCUT2D eigenvalue weighted by atomic mass is 16.5. The van der Waals surface area contributed by atoms with E-state index in [1.165, 1.54) is 0 Å². The maximum Gasteiger partial charge on any atom is 0.225 e. The van der Waals surface area contributed by atoms with Crippen molar-refractivity contribution in [1.82, 2.24) is 5.32 Å². The van der Waals surface area contributed by atoms with Crippen molar-refractivity contribution in [2.45, 2.75) is 32.9 Å². The number of nitrogens with one attached hydrogen (secondary N) is 2. The van der Waals surface area contributed by atoms with Crippen LogP contribution in [0.2, 0.25) is 0 Å². The summed E-state index contributed by atoms with van der Waals surface area (Å²) in [7, 11) is 1.64. The van der Waals surface area contributed by atoms with Crippen LogP contribution in [-0.2, 0) is 16.1 Å². The maximum atomic E-state index is 11.9. The first-order chi connectivity index (χ1) is 8.67. The first kappa shape index (κ1) is 14.7. The molecule has 0 saturated heterocycles. The lowest BCUT2D eigenvalue weighted by Crippen LogP contribution is -2.30. The average Bonchev–Trinajstić information content (AvgIpc) is 2.32. The molecule has 0 fully saturated rings. The van der Waals surface area contributed by atoms with Crippen LogP contribution >= 0.6 is 0 Å². The molecule has 1 aromatic rings.